The summed E-state index contributed by atoms with van der Waals surface area (Å²) in [6, 6.07) is 5.82. The van der Waals surface area contributed by atoms with E-state index in [9.17, 15) is 10.1 Å². The summed E-state index contributed by atoms with van der Waals surface area (Å²) in [7, 11) is 0. The van der Waals surface area contributed by atoms with E-state index in [0.717, 1.165) is 6.21 Å². The van der Waals surface area contributed by atoms with Crippen molar-refractivity contribution in [3.63, 3.8) is 0 Å². The van der Waals surface area contributed by atoms with Crippen LogP contribution in [0.15, 0.2) is 24.3 Å². The summed E-state index contributed by atoms with van der Waals surface area (Å²) in [5.74, 6) is 0. The van der Waals surface area contributed by atoms with Crippen molar-refractivity contribution < 1.29 is 4.92 Å². The molecule has 1 aromatic carbocycles. The second-order valence-corrected chi connectivity index (χ2v) is 3.81. The summed E-state index contributed by atoms with van der Waals surface area (Å²) in [5, 5.41) is 17.0. The lowest BCUT2D eigenvalue weighted by atomic mass is 10.2. The lowest BCUT2D eigenvalue weighted by Gasteiger charge is -2.07. The summed E-state index contributed by atoms with van der Waals surface area (Å²) in [6.45, 7) is 3.49. The van der Waals surface area contributed by atoms with E-state index >= 15 is 0 Å². The number of benzene rings is 1. The highest BCUT2D eigenvalue weighted by atomic mass is 16.6. The second kappa shape index (κ2) is 5.94. The molecule has 0 aromatic heterocycles. The number of nitrogens with zero attached hydrogens (tertiary/aromatic N) is 1. The first-order valence-corrected chi connectivity index (χ1v) is 4.56. The SMILES string of the molecule is CC(C)(N)N.N=Cc1ccc([N+](=O)[O-])cc1. The molecule has 0 bridgehead atoms. The molecular weight excluding hydrogens is 208 g/mol. The molecule has 0 spiro atoms. The van der Waals surface area contributed by atoms with Gasteiger partial charge in [0.15, 0.2) is 0 Å². The van der Waals surface area contributed by atoms with Crippen molar-refractivity contribution in [3.05, 3.63) is 39.9 Å². The molecule has 0 aliphatic carbocycles. The van der Waals surface area contributed by atoms with Gasteiger partial charge in [-0.2, -0.15) is 0 Å². The van der Waals surface area contributed by atoms with E-state index in [4.69, 9.17) is 16.9 Å². The van der Waals surface area contributed by atoms with Crippen molar-refractivity contribution in [2.75, 3.05) is 0 Å². The van der Waals surface area contributed by atoms with Crippen LogP contribution in [-0.4, -0.2) is 16.8 Å². The molecule has 0 saturated heterocycles. The van der Waals surface area contributed by atoms with Gasteiger partial charge < -0.3 is 16.9 Å². The minimum Gasteiger partial charge on any atom is -0.314 e. The van der Waals surface area contributed by atoms with E-state index in [1.54, 1.807) is 13.8 Å². The summed E-state index contributed by atoms with van der Waals surface area (Å²) >= 11 is 0. The van der Waals surface area contributed by atoms with Crippen LogP contribution in [0.3, 0.4) is 0 Å². The van der Waals surface area contributed by atoms with Gasteiger partial charge in [0.25, 0.3) is 5.69 Å². The zero-order valence-corrected chi connectivity index (χ0v) is 9.31. The van der Waals surface area contributed by atoms with Gasteiger partial charge in [-0.25, -0.2) is 0 Å². The maximum Gasteiger partial charge on any atom is 0.269 e. The maximum atomic E-state index is 10.1. The van der Waals surface area contributed by atoms with Crippen LogP contribution in [-0.2, 0) is 0 Å². The van der Waals surface area contributed by atoms with E-state index in [0.29, 0.717) is 5.56 Å². The molecule has 0 atom stereocenters. The van der Waals surface area contributed by atoms with Gasteiger partial charge in [-0.3, -0.25) is 10.1 Å². The molecule has 0 unspecified atom stereocenters. The van der Waals surface area contributed by atoms with Gasteiger partial charge in [0.1, 0.15) is 0 Å². The van der Waals surface area contributed by atoms with Crippen molar-refractivity contribution in [1.82, 2.24) is 0 Å². The van der Waals surface area contributed by atoms with Crippen LogP contribution in [0.5, 0.6) is 0 Å². The van der Waals surface area contributed by atoms with E-state index in [2.05, 4.69) is 0 Å². The van der Waals surface area contributed by atoms with Crippen molar-refractivity contribution in [3.8, 4) is 0 Å². The molecule has 1 aromatic rings. The zero-order valence-electron chi connectivity index (χ0n) is 9.31. The molecule has 6 nitrogen and oxygen atoms in total. The van der Waals surface area contributed by atoms with Crippen LogP contribution in [0.25, 0.3) is 0 Å². The summed E-state index contributed by atoms with van der Waals surface area (Å²) in [4.78, 5) is 9.68. The summed E-state index contributed by atoms with van der Waals surface area (Å²) < 4.78 is 0. The first kappa shape index (κ1) is 14.2. The Balaban J connectivity index is 0.000000385. The standard InChI is InChI=1S/C7H6N2O2.C3H10N2/c8-5-6-1-3-7(4-2-6)9(10)11;1-3(2,4)5/h1-5,8H;4-5H2,1-2H3. The largest absolute Gasteiger partial charge is 0.314 e. The molecule has 0 heterocycles. The van der Waals surface area contributed by atoms with Crippen molar-refractivity contribution in [2.24, 2.45) is 11.5 Å². The average Bonchev–Trinajstić information content (AvgIpc) is 2.15. The summed E-state index contributed by atoms with van der Waals surface area (Å²) in [5.41, 5.74) is 10.5. The number of nitrogens with two attached hydrogens (primary N) is 2. The quantitative estimate of drug-likeness (QED) is 0.303. The Hall–Kier alpha value is -1.79. The third kappa shape index (κ3) is 7.60. The fourth-order valence-electron chi connectivity index (χ4n) is 0.692. The van der Waals surface area contributed by atoms with Crippen LogP contribution in [0.1, 0.15) is 19.4 Å². The Morgan fingerprint density at radius 3 is 1.94 bits per heavy atom. The van der Waals surface area contributed by atoms with Crippen molar-refractivity contribution in [1.29, 1.82) is 5.41 Å². The van der Waals surface area contributed by atoms with Gasteiger partial charge in [-0.1, -0.05) is 0 Å². The molecule has 0 fully saturated rings. The number of nitro benzene ring substituents is 1. The molecule has 16 heavy (non-hydrogen) atoms. The fraction of sp³-hybridized carbons (Fsp3) is 0.300. The van der Waals surface area contributed by atoms with Crippen LogP contribution < -0.4 is 11.5 Å². The highest BCUT2D eigenvalue weighted by molar-refractivity contribution is 5.77. The third-order valence-corrected chi connectivity index (χ3v) is 1.27. The van der Waals surface area contributed by atoms with E-state index < -0.39 is 10.6 Å². The predicted octanol–water partition coefficient (Wildman–Crippen LogP) is 1.23. The molecule has 0 radical (unpaired) electrons. The van der Waals surface area contributed by atoms with Gasteiger partial charge in [0.2, 0.25) is 0 Å². The molecule has 0 amide bonds. The Bertz CT molecular complexity index is 348. The van der Waals surface area contributed by atoms with Gasteiger partial charge in [-0.05, 0) is 31.5 Å². The molecule has 6 heteroatoms. The van der Waals surface area contributed by atoms with Gasteiger partial charge >= 0.3 is 0 Å². The Kier molecular flexibility index (Phi) is 5.27. The average molecular weight is 224 g/mol. The number of hydrogen-bond acceptors (Lipinski definition) is 5. The molecular formula is C10H16N4O2. The van der Waals surface area contributed by atoms with Crippen LogP contribution >= 0.6 is 0 Å². The fourth-order valence-corrected chi connectivity index (χ4v) is 0.692. The maximum absolute atomic E-state index is 10.1. The lowest BCUT2D eigenvalue weighted by Crippen LogP contribution is -2.42. The number of rotatable bonds is 2. The highest BCUT2D eigenvalue weighted by Crippen LogP contribution is 2.09. The first-order valence-electron chi connectivity index (χ1n) is 4.56. The smallest absolute Gasteiger partial charge is 0.269 e. The monoisotopic (exact) mass is 224 g/mol. The first-order chi connectivity index (χ1) is 7.24. The molecule has 0 saturated carbocycles. The third-order valence-electron chi connectivity index (χ3n) is 1.27. The Morgan fingerprint density at radius 2 is 1.69 bits per heavy atom. The normalized spacial score (nSPS) is 10.0. The number of nitrogens with one attached hydrogen (secondary N) is 1. The van der Waals surface area contributed by atoms with E-state index in [1.807, 2.05) is 0 Å². The predicted molar refractivity (Wildman–Crippen MR) is 63.4 cm³/mol. The van der Waals surface area contributed by atoms with Gasteiger partial charge in [0, 0.05) is 18.3 Å². The second-order valence-electron chi connectivity index (χ2n) is 3.81. The van der Waals surface area contributed by atoms with Gasteiger partial charge in [0.05, 0.1) is 10.6 Å². The molecule has 0 aliphatic heterocycles. The Labute approximate surface area is 93.9 Å². The van der Waals surface area contributed by atoms with E-state index in [-0.39, 0.29) is 5.69 Å². The summed E-state index contributed by atoms with van der Waals surface area (Å²) in [6.07, 6.45) is 1.14. The van der Waals surface area contributed by atoms with Gasteiger partial charge in [-0.15, -0.1) is 0 Å². The molecule has 88 valence electrons. The highest BCUT2D eigenvalue weighted by Gasteiger charge is 2.01. The van der Waals surface area contributed by atoms with Crippen molar-refractivity contribution >= 4 is 11.9 Å². The van der Waals surface area contributed by atoms with Crippen LogP contribution in [0.2, 0.25) is 0 Å². The van der Waals surface area contributed by atoms with Crippen LogP contribution in [0.4, 0.5) is 5.69 Å². The van der Waals surface area contributed by atoms with E-state index in [1.165, 1.54) is 24.3 Å². The Morgan fingerprint density at radius 1 is 1.31 bits per heavy atom. The molecule has 1 rings (SSSR count). The van der Waals surface area contributed by atoms with Crippen LogP contribution in [0, 0.1) is 15.5 Å². The minimum absolute atomic E-state index is 0.0515. The molecule has 0 aliphatic rings. The number of hydrogen-bond donors (Lipinski definition) is 3. The lowest BCUT2D eigenvalue weighted by molar-refractivity contribution is -0.384. The number of non-ortho nitro benzene ring substituents is 1. The minimum atomic E-state index is -0.500. The van der Waals surface area contributed by atoms with Crippen molar-refractivity contribution in [2.45, 2.75) is 19.5 Å². The topological polar surface area (TPSA) is 119 Å². The number of nitro groups is 1. The molecule has 5 N–H and O–H groups in total. The zero-order chi connectivity index (χ0) is 12.8.